The Kier molecular flexibility index (Phi) is 2.91. The summed E-state index contributed by atoms with van der Waals surface area (Å²) in [5.74, 6) is -1.06. The fourth-order valence-electron chi connectivity index (χ4n) is 1.35. The Morgan fingerprint density at radius 3 is 3.00 bits per heavy atom. The second-order valence-corrected chi connectivity index (χ2v) is 3.76. The van der Waals surface area contributed by atoms with Gasteiger partial charge in [0, 0.05) is 0 Å². The third-order valence-corrected chi connectivity index (χ3v) is 2.74. The maximum Gasteiger partial charge on any atom is 0.359 e. The Hall–Kier alpha value is -1.43. The van der Waals surface area contributed by atoms with Crippen molar-refractivity contribution >= 4 is 27.5 Å². The van der Waals surface area contributed by atoms with E-state index in [1.807, 2.05) is 0 Å². The summed E-state index contributed by atoms with van der Waals surface area (Å²) in [7, 11) is 0. The molecule has 6 heteroatoms. The number of rotatable bonds is 2. The highest BCUT2D eigenvalue weighted by Gasteiger charge is 2.19. The molecule has 0 spiro atoms. The maximum absolute atomic E-state index is 13.5. The molecule has 2 heterocycles. The summed E-state index contributed by atoms with van der Waals surface area (Å²) in [6, 6.07) is 4.42. The zero-order valence-electron chi connectivity index (χ0n) is 8.41. The van der Waals surface area contributed by atoms with Gasteiger partial charge in [0.25, 0.3) is 0 Å². The molecule has 2 aromatic heterocycles. The summed E-state index contributed by atoms with van der Waals surface area (Å²) in [6.45, 7) is 1.95. The summed E-state index contributed by atoms with van der Waals surface area (Å²) in [5, 5.41) is 0. The molecule has 84 valence electrons. The summed E-state index contributed by atoms with van der Waals surface area (Å²) < 4.78 is 19.7. The molecule has 0 aliphatic carbocycles. The molecule has 0 amide bonds. The maximum atomic E-state index is 13.5. The van der Waals surface area contributed by atoms with Gasteiger partial charge >= 0.3 is 5.97 Å². The first-order chi connectivity index (χ1) is 7.65. The number of carbonyl (C=O) groups is 1. The Labute approximate surface area is 99.2 Å². The van der Waals surface area contributed by atoms with Crippen molar-refractivity contribution in [3.8, 4) is 0 Å². The Morgan fingerprint density at radius 2 is 2.38 bits per heavy atom. The first kappa shape index (κ1) is 11.1. The molecule has 0 N–H and O–H groups in total. The van der Waals surface area contributed by atoms with Crippen molar-refractivity contribution in [2.24, 2.45) is 0 Å². The SMILES string of the molecule is CCOC(=O)c1nc2cccc(F)n2c1Br. The number of esters is 1. The van der Waals surface area contributed by atoms with Crippen LogP contribution in [-0.4, -0.2) is 22.0 Å². The molecule has 0 fully saturated rings. The van der Waals surface area contributed by atoms with E-state index in [4.69, 9.17) is 4.74 Å². The zero-order valence-corrected chi connectivity index (χ0v) is 9.99. The average molecular weight is 287 g/mol. The van der Waals surface area contributed by atoms with E-state index in [0.29, 0.717) is 5.65 Å². The van der Waals surface area contributed by atoms with Crippen molar-refractivity contribution in [3.63, 3.8) is 0 Å². The number of aromatic nitrogens is 2. The topological polar surface area (TPSA) is 43.6 Å². The third kappa shape index (κ3) is 1.69. The van der Waals surface area contributed by atoms with Gasteiger partial charge < -0.3 is 4.74 Å². The van der Waals surface area contributed by atoms with Crippen LogP contribution in [0.25, 0.3) is 5.65 Å². The van der Waals surface area contributed by atoms with Crippen LogP contribution in [0, 0.1) is 5.95 Å². The van der Waals surface area contributed by atoms with Gasteiger partial charge in [-0.25, -0.2) is 9.78 Å². The van der Waals surface area contributed by atoms with E-state index in [0.717, 1.165) is 0 Å². The number of halogens is 2. The van der Waals surface area contributed by atoms with Crippen LogP contribution >= 0.6 is 15.9 Å². The molecule has 4 nitrogen and oxygen atoms in total. The van der Waals surface area contributed by atoms with Gasteiger partial charge in [0.15, 0.2) is 11.6 Å². The highest BCUT2D eigenvalue weighted by atomic mass is 79.9. The molecule has 0 aliphatic rings. The molecule has 0 bridgehead atoms. The molecule has 2 aromatic rings. The first-order valence-electron chi connectivity index (χ1n) is 4.64. The number of hydrogen-bond acceptors (Lipinski definition) is 3. The van der Waals surface area contributed by atoms with Gasteiger partial charge in [-0.05, 0) is 35.0 Å². The number of nitrogens with zero attached hydrogens (tertiary/aromatic N) is 2. The van der Waals surface area contributed by atoms with Gasteiger partial charge in [0.1, 0.15) is 10.3 Å². The molecule has 16 heavy (non-hydrogen) atoms. The van der Waals surface area contributed by atoms with Crippen molar-refractivity contribution in [2.45, 2.75) is 6.92 Å². The lowest BCUT2D eigenvalue weighted by molar-refractivity contribution is 0.0519. The second-order valence-electron chi connectivity index (χ2n) is 3.01. The molecular weight excluding hydrogens is 279 g/mol. The molecule has 0 aliphatic heterocycles. The lowest BCUT2D eigenvalue weighted by Crippen LogP contribution is -2.05. The highest BCUT2D eigenvalue weighted by molar-refractivity contribution is 9.10. The molecule has 0 aromatic carbocycles. The molecule has 2 rings (SSSR count). The minimum Gasteiger partial charge on any atom is -0.461 e. The van der Waals surface area contributed by atoms with Crippen LogP contribution in [0.2, 0.25) is 0 Å². The van der Waals surface area contributed by atoms with Crippen molar-refractivity contribution in [3.05, 3.63) is 34.4 Å². The van der Waals surface area contributed by atoms with Crippen LogP contribution in [0.3, 0.4) is 0 Å². The fourth-order valence-corrected chi connectivity index (χ4v) is 1.95. The summed E-state index contributed by atoms with van der Waals surface area (Å²) >= 11 is 3.13. The Bertz CT molecular complexity index is 553. The number of imidazole rings is 1. The van der Waals surface area contributed by atoms with Crippen LogP contribution in [0.15, 0.2) is 22.8 Å². The standard InChI is InChI=1S/C10H8BrFN2O2/c1-2-16-10(15)8-9(11)14-6(12)4-3-5-7(14)13-8/h3-5H,2H2,1H3. The summed E-state index contributed by atoms with van der Waals surface area (Å²) in [5.41, 5.74) is 0.432. The fraction of sp³-hybridized carbons (Fsp3) is 0.200. The van der Waals surface area contributed by atoms with Crippen LogP contribution in [0.4, 0.5) is 4.39 Å². The molecule has 0 saturated carbocycles. The number of fused-ring (bicyclic) bond motifs is 1. The quantitative estimate of drug-likeness (QED) is 0.629. The predicted octanol–water partition coefficient (Wildman–Crippen LogP) is 2.41. The summed E-state index contributed by atoms with van der Waals surface area (Å²) in [4.78, 5) is 15.5. The second kappa shape index (κ2) is 4.21. The minimum atomic E-state index is -0.572. The summed E-state index contributed by atoms with van der Waals surface area (Å²) in [6.07, 6.45) is 0. The monoisotopic (exact) mass is 286 g/mol. The number of ether oxygens (including phenoxy) is 1. The van der Waals surface area contributed by atoms with Crippen LogP contribution < -0.4 is 0 Å². The third-order valence-electron chi connectivity index (χ3n) is 2.01. The molecule has 0 unspecified atom stereocenters. The Morgan fingerprint density at radius 1 is 1.62 bits per heavy atom. The van der Waals surface area contributed by atoms with Crippen molar-refractivity contribution < 1.29 is 13.9 Å². The van der Waals surface area contributed by atoms with Gasteiger partial charge in [-0.15, -0.1) is 0 Å². The molecule has 0 atom stereocenters. The van der Waals surface area contributed by atoms with Crippen LogP contribution in [-0.2, 0) is 4.74 Å². The van der Waals surface area contributed by atoms with Crippen molar-refractivity contribution in [2.75, 3.05) is 6.61 Å². The van der Waals surface area contributed by atoms with Crippen LogP contribution in [0.1, 0.15) is 17.4 Å². The molecule has 0 radical (unpaired) electrons. The van der Waals surface area contributed by atoms with Gasteiger partial charge in [0.05, 0.1) is 6.61 Å². The number of pyridine rings is 1. The van der Waals surface area contributed by atoms with Crippen LogP contribution in [0.5, 0.6) is 0 Å². The lowest BCUT2D eigenvalue weighted by atomic mass is 10.5. The van der Waals surface area contributed by atoms with E-state index in [2.05, 4.69) is 20.9 Å². The van der Waals surface area contributed by atoms with E-state index < -0.39 is 11.9 Å². The Balaban J connectivity index is 2.61. The highest BCUT2D eigenvalue weighted by Crippen LogP contribution is 2.21. The predicted molar refractivity (Wildman–Crippen MR) is 58.8 cm³/mol. The van der Waals surface area contributed by atoms with Gasteiger partial charge in [-0.2, -0.15) is 4.39 Å². The van der Waals surface area contributed by atoms with E-state index in [1.54, 1.807) is 13.0 Å². The van der Waals surface area contributed by atoms with Gasteiger partial charge in [-0.3, -0.25) is 4.40 Å². The van der Waals surface area contributed by atoms with E-state index in [-0.39, 0.29) is 16.9 Å². The number of hydrogen-bond donors (Lipinski definition) is 0. The lowest BCUT2D eigenvalue weighted by Gasteiger charge is -1.98. The normalized spacial score (nSPS) is 10.7. The zero-order chi connectivity index (χ0) is 11.7. The molecular formula is C10H8BrFN2O2. The smallest absolute Gasteiger partial charge is 0.359 e. The van der Waals surface area contributed by atoms with Gasteiger partial charge in [-0.1, -0.05) is 6.07 Å². The first-order valence-corrected chi connectivity index (χ1v) is 5.44. The minimum absolute atomic E-state index is 0.0759. The molecule has 0 saturated heterocycles. The van der Waals surface area contributed by atoms with Crippen molar-refractivity contribution in [1.82, 2.24) is 9.38 Å². The van der Waals surface area contributed by atoms with E-state index in [1.165, 1.54) is 16.5 Å². The van der Waals surface area contributed by atoms with E-state index >= 15 is 0 Å². The average Bonchev–Trinajstić information content (AvgIpc) is 2.58. The van der Waals surface area contributed by atoms with Gasteiger partial charge in [0.2, 0.25) is 0 Å². The van der Waals surface area contributed by atoms with Crippen molar-refractivity contribution in [1.29, 1.82) is 0 Å². The largest absolute Gasteiger partial charge is 0.461 e. The number of carbonyl (C=O) groups excluding carboxylic acids is 1. The van der Waals surface area contributed by atoms with E-state index in [9.17, 15) is 9.18 Å².